The fraction of sp³-hybridized carbons (Fsp3) is 0.467. The lowest BCUT2D eigenvalue weighted by Crippen LogP contribution is -2.43. The summed E-state index contributed by atoms with van der Waals surface area (Å²) in [5.74, 6) is -1.21. The first-order chi connectivity index (χ1) is 8.62. The maximum atomic E-state index is 12.4. The minimum Gasteiger partial charge on any atom is -0.480 e. The SMILES string of the molecule is Cc1ccc(N(CC(=O)O)C(=O)C(C)(C)C)c(C)c1. The quantitative estimate of drug-likeness (QED) is 0.912. The Hall–Kier alpha value is -1.84. The van der Waals surface area contributed by atoms with Crippen LogP contribution in [0.2, 0.25) is 0 Å². The zero-order valence-corrected chi connectivity index (χ0v) is 12.2. The molecule has 0 fully saturated rings. The van der Waals surface area contributed by atoms with Gasteiger partial charge < -0.3 is 10.0 Å². The third-order valence-corrected chi connectivity index (χ3v) is 2.82. The molecule has 0 aliphatic rings. The van der Waals surface area contributed by atoms with Crippen molar-refractivity contribution in [3.05, 3.63) is 29.3 Å². The molecular weight excluding hydrogens is 242 g/mol. The second-order valence-electron chi connectivity index (χ2n) is 5.82. The summed E-state index contributed by atoms with van der Waals surface area (Å²) >= 11 is 0. The Bertz CT molecular complexity index is 501. The number of hydrogen-bond acceptors (Lipinski definition) is 2. The smallest absolute Gasteiger partial charge is 0.323 e. The fourth-order valence-electron chi connectivity index (χ4n) is 1.91. The van der Waals surface area contributed by atoms with Gasteiger partial charge in [-0.2, -0.15) is 0 Å². The lowest BCUT2D eigenvalue weighted by atomic mass is 9.94. The summed E-state index contributed by atoms with van der Waals surface area (Å²) in [5.41, 5.74) is 2.03. The lowest BCUT2D eigenvalue weighted by molar-refractivity contribution is -0.137. The molecule has 19 heavy (non-hydrogen) atoms. The molecule has 1 N–H and O–H groups in total. The molecule has 0 saturated carbocycles. The monoisotopic (exact) mass is 263 g/mol. The predicted octanol–water partition coefficient (Wildman–Crippen LogP) is 2.77. The summed E-state index contributed by atoms with van der Waals surface area (Å²) in [5, 5.41) is 9.01. The van der Waals surface area contributed by atoms with Crippen molar-refractivity contribution in [2.75, 3.05) is 11.4 Å². The fourth-order valence-corrected chi connectivity index (χ4v) is 1.91. The van der Waals surface area contributed by atoms with Crippen LogP contribution in [0.1, 0.15) is 31.9 Å². The molecule has 0 aliphatic heterocycles. The van der Waals surface area contributed by atoms with Gasteiger partial charge in [0.2, 0.25) is 5.91 Å². The molecule has 0 saturated heterocycles. The Kier molecular flexibility index (Phi) is 4.35. The molecule has 1 aromatic carbocycles. The van der Waals surface area contributed by atoms with E-state index in [2.05, 4.69) is 0 Å². The summed E-state index contributed by atoms with van der Waals surface area (Å²) in [6.45, 7) is 8.88. The van der Waals surface area contributed by atoms with Gasteiger partial charge in [-0.1, -0.05) is 38.5 Å². The standard InChI is InChI=1S/C15H21NO3/c1-10-6-7-12(11(2)8-10)16(9-13(17)18)14(19)15(3,4)5/h6-8H,9H2,1-5H3,(H,17,18). The summed E-state index contributed by atoms with van der Waals surface area (Å²) in [6, 6.07) is 5.63. The maximum Gasteiger partial charge on any atom is 0.323 e. The molecule has 1 rings (SSSR count). The van der Waals surface area contributed by atoms with E-state index >= 15 is 0 Å². The summed E-state index contributed by atoms with van der Waals surface area (Å²) in [6.07, 6.45) is 0. The van der Waals surface area contributed by atoms with Crippen molar-refractivity contribution in [2.45, 2.75) is 34.6 Å². The number of nitrogens with zero attached hydrogens (tertiary/aromatic N) is 1. The molecule has 1 amide bonds. The van der Waals surface area contributed by atoms with Crippen LogP contribution in [-0.4, -0.2) is 23.5 Å². The van der Waals surface area contributed by atoms with Gasteiger partial charge >= 0.3 is 5.97 Å². The maximum absolute atomic E-state index is 12.4. The third kappa shape index (κ3) is 3.81. The Balaban J connectivity index is 3.24. The Morgan fingerprint density at radius 2 is 1.79 bits per heavy atom. The number of amides is 1. The minimum atomic E-state index is -1.02. The predicted molar refractivity (Wildman–Crippen MR) is 75.4 cm³/mol. The molecular formula is C15H21NO3. The van der Waals surface area contributed by atoms with Crippen LogP contribution in [-0.2, 0) is 9.59 Å². The van der Waals surface area contributed by atoms with Gasteiger partial charge in [-0.05, 0) is 25.5 Å². The number of hydrogen-bond donors (Lipinski definition) is 1. The van der Waals surface area contributed by atoms with Gasteiger partial charge in [0.05, 0.1) is 0 Å². The van der Waals surface area contributed by atoms with Crippen LogP contribution in [0, 0.1) is 19.3 Å². The number of anilines is 1. The van der Waals surface area contributed by atoms with Crippen molar-refractivity contribution in [3.8, 4) is 0 Å². The van der Waals surface area contributed by atoms with Crippen LogP contribution in [0.25, 0.3) is 0 Å². The van der Waals surface area contributed by atoms with Gasteiger partial charge in [-0.3, -0.25) is 9.59 Å². The van der Waals surface area contributed by atoms with Crippen molar-refractivity contribution in [3.63, 3.8) is 0 Å². The van der Waals surface area contributed by atoms with Gasteiger partial charge in [0.1, 0.15) is 6.54 Å². The number of carboxylic acid groups (broad SMARTS) is 1. The van der Waals surface area contributed by atoms with E-state index in [9.17, 15) is 9.59 Å². The van der Waals surface area contributed by atoms with Crippen LogP contribution >= 0.6 is 0 Å². The zero-order chi connectivity index (χ0) is 14.8. The van der Waals surface area contributed by atoms with E-state index in [1.54, 1.807) is 26.8 Å². The highest BCUT2D eigenvalue weighted by molar-refractivity contribution is 6.00. The van der Waals surface area contributed by atoms with Crippen LogP contribution in [0.4, 0.5) is 5.69 Å². The lowest BCUT2D eigenvalue weighted by Gasteiger charge is -2.29. The summed E-state index contributed by atoms with van der Waals surface area (Å²) in [7, 11) is 0. The van der Waals surface area contributed by atoms with Crippen LogP contribution in [0.5, 0.6) is 0 Å². The highest BCUT2D eigenvalue weighted by atomic mass is 16.4. The first-order valence-corrected chi connectivity index (χ1v) is 6.24. The van der Waals surface area contributed by atoms with Gasteiger partial charge in [0.25, 0.3) is 0 Å². The van der Waals surface area contributed by atoms with E-state index in [1.807, 2.05) is 26.0 Å². The molecule has 0 unspecified atom stereocenters. The zero-order valence-electron chi connectivity index (χ0n) is 12.2. The summed E-state index contributed by atoms with van der Waals surface area (Å²) < 4.78 is 0. The van der Waals surface area contributed by atoms with Crippen molar-refractivity contribution in [1.29, 1.82) is 0 Å². The number of carbonyl (C=O) groups is 2. The average molecular weight is 263 g/mol. The first-order valence-electron chi connectivity index (χ1n) is 6.24. The molecule has 0 aliphatic carbocycles. The topological polar surface area (TPSA) is 57.6 Å². The van der Waals surface area contributed by atoms with Gasteiger partial charge in [-0.15, -0.1) is 0 Å². The highest BCUT2D eigenvalue weighted by Gasteiger charge is 2.30. The first kappa shape index (κ1) is 15.2. The van der Waals surface area contributed by atoms with E-state index in [1.165, 1.54) is 4.90 Å². The Morgan fingerprint density at radius 3 is 2.21 bits per heavy atom. The number of benzene rings is 1. The van der Waals surface area contributed by atoms with E-state index in [4.69, 9.17) is 5.11 Å². The molecule has 0 radical (unpaired) electrons. The van der Waals surface area contributed by atoms with Crippen LogP contribution < -0.4 is 4.90 Å². The molecule has 1 aromatic rings. The van der Waals surface area contributed by atoms with Crippen LogP contribution in [0.3, 0.4) is 0 Å². The molecule has 0 bridgehead atoms. The van der Waals surface area contributed by atoms with Crippen molar-refractivity contribution in [2.24, 2.45) is 5.41 Å². The van der Waals surface area contributed by atoms with Gasteiger partial charge in [0.15, 0.2) is 0 Å². The molecule has 0 spiro atoms. The molecule has 4 heteroatoms. The van der Waals surface area contributed by atoms with E-state index in [0.29, 0.717) is 5.69 Å². The average Bonchev–Trinajstić information content (AvgIpc) is 2.24. The van der Waals surface area contributed by atoms with Gasteiger partial charge in [-0.25, -0.2) is 0 Å². The molecule has 0 heterocycles. The Morgan fingerprint density at radius 1 is 1.21 bits per heavy atom. The summed E-state index contributed by atoms with van der Waals surface area (Å²) in [4.78, 5) is 24.7. The van der Waals surface area contributed by atoms with Crippen molar-refractivity contribution >= 4 is 17.6 Å². The van der Waals surface area contributed by atoms with Crippen LogP contribution in [0.15, 0.2) is 18.2 Å². The molecule has 0 aromatic heterocycles. The van der Waals surface area contributed by atoms with Crippen molar-refractivity contribution < 1.29 is 14.7 Å². The highest BCUT2D eigenvalue weighted by Crippen LogP contribution is 2.26. The Labute approximate surface area is 114 Å². The van der Waals surface area contributed by atoms with Crippen molar-refractivity contribution in [1.82, 2.24) is 0 Å². The molecule has 0 atom stereocenters. The molecule has 4 nitrogen and oxygen atoms in total. The number of carboxylic acids is 1. The number of aliphatic carboxylic acids is 1. The number of carbonyl (C=O) groups excluding carboxylic acids is 1. The number of aryl methyl sites for hydroxylation is 2. The largest absolute Gasteiger partial charge is 0.480 e. The van der Waals surface area contributed by atoms with Gasteiger partial charge in [0, 0.05) is 11.1 Å². The third-order valence-electron chi connectivity index (χ3n) is 2.82. The minimum absolute atomic E-state index is 0.193. The van der Waals surface area contributed by atoms with E-state index in [0.717, 1.165) is 11.1 Å². The normalized spacial score (nSPS) is 11.2. The van der Waals surface area contributed by atoms with E-state index in [-0.39, 0.29) is 12.5 Å². The van der Waals surface area contributed by atoms with E-state index < -0.39 is 11.4 Å². The number of rotatable bonds is 3. The second-order valence-corrected chi connectivity index (χ2v) is 5.82. The second kappa shape index (κ2) is 5.43. The molecule has 104 valence electrons.